The van der Waals surface area contributed by atoms with Crippen molar-refractivity contribution in [1.29, 1.82) is 0 Å². The molecule has 3 N–H and O–H groups in total. The Bertz CT molecular complexity index is 1440. The molecule has 0 aliphatic carbocycles. The Labute approximate surface area is 221 Å². The molecule has 38 heavy (non-hydrogen) atoms. The van der Waals surface area contributed by atoms with Gasteiger partial charge in [-0.3, -0.25) is 14.7 Å². The molecular weight excluding hydrogens is 480 g/mol. The summed E-state index contributed by atoms with van der Waals surface area (Å²) >= 11 is 0. The molecular formula is C29H30N6O3. The molecule has 194 valence electrons. The Balaban J connectivity index is 1.39. The van der Waals surface area contributed by atoms with E-state index < -0.39 is 6.09 Å². The summed E-state index contributed by atoms with van der Waals surface area (Å²) in [5, 5.41) is 14.7. The molecule has 2 amide bonds. The molecule has 9 nitrogen and oxygen atoms in total. The van der Waals surface area contributed by atoms with Crippen LogP contribution in [0.25, 0.3) is 16.8 Å². The molecule has 2 aromatic heterocycles. The number of hydrogen-bond acceptors (Lipinski definition) is 5. The van der Waals surface area contributed by atoms with E-state index in [1.54, 1.807) is 18.6 Å². The highest BCUT2D eigenvalue weighted by molar-refractivity contribution is 6.03. The van der Waals surface area contributed by atoms with E-state index in [-0.39, 0.29) is 11.9 Å². The monoisotopic (exact) mass is 510 g/mol. The van der Waals surface area contributed by atoms with Crippen LogP contribution in [0.1, 0.15) is 34.6 Å². The third-order valence-corrected chi connectivity index (χ3v) is 6.58. The highest BCUT2D eigenvalue weighted by Gasteiger charge is 2.22. The van der Waals surface area contributed by atoms with Crippen LogP contribution in [-0.4, -0.2) is 55.7 Å². The van der Waals surface area contributed by atoms with Gasteiger partial charge in [0.05, 0.1) is 12.0 Å². The Hall–Kier alpha value is -4.50. The Morgan fingerprint density at radius 3 is 2.66 bits per heavy atom. The van der Waals surface area contributed by atoms with E-state index in [4.69, 9.17) is 5.11 Å². The number of aryl methyl sites for hydroxylation is 1. The first kappa shape index (κ1) is 25.2. The minimum atomic E-state index is -0.996. The standard InChI is InChI=1S/C29H30N6O3/c1-20-16-35(19-31-20)26-13-21(17-34-11-5-8-24(18-34)33-29(37)38)12-25(15-26)32-28(36)27-14-23(9-10-30-27)22-6-3-2-4-7-22/h2-4,6-7,9-10,12-16,19,24,33H,5,8,11,17-18H2,1H3,(H,32,36)(H,37,38)/t24-/m0/s1. The molecule has 5 rings (SSSR count). The molecule has 1 aliphatic rings. The van der Waals surface area contributed by atoms with Crippen molar-refractivity contribution in [3.8, 4) is 16.8 Å². The summed E-state index contributed by atoms with van der Waals surface area (Å²) in [7, 11) is 0. The van der Waals surface area contributed by atoms with Crippen molar-refractivity contribution in [2.24, 2.45) is 0 Å². The number of benzene rings is 2. The highest BCUT2D eigenvalue weighted by atomic mass is 16.4. The fourth-order valence-corrected chi connectivity index (χ4v) is 4.86. The number of nitrogens with zero attached hydrogens (tertiary/aromatic N) is 4. The summed E-state index contributed by atoms with van der Waals surface area (Å²) < 4.78 is 1.92. The fourth-order valence-electron chi connectivity index (χ4n) is 4.86. The van der Waals surface area contributed by atoms with Crippen molar-refractivity contribution in [1.82, 2.24) is 24.8 Å². The second-order valence-corrected chi connectivity index (χ2v) is 9.58. The van der Waals surface area contributed by atoms with Gasteiger partial charge in [0.2, 0.25) is 0 Å². The quantitative estimate of drug-likeness (QED) is 0.331. The summed E-state index contributed by atoms with van der Waals surface area (Å²) in [4.78, 5) is 35.2. The van der Waals surface area contributed by atoms with Crippen LogP contribution in [0.3, 0.4) is 0 Å². The average molecular weight is 511 g/mol. The Kier molecular flexibility index (Phi) is 7.46. The first-order valence-corrected chi connectivity index (χ1v) is 12.6. The molecule has 4 aromatic rings. The lowest BCUT2D eigenvalue weighted by atomic mass is 10.0. The normalized spacial score (nSPS) is 15.7. The minimum absolute atomic E-state index is 0.0946. The van der Waals surface area contributed by atoms with Crippen LogP contribution in [0.5, 0.6) is 0 Å². The topological polar surface area (TPSA) is 112 Å². The van der Waals surface area contributed by atoms with Crippen molar-refractivity contribution in [3.05, 3.63) is 96.3 Å². The van der Waals surface area contributed by atoms with Gasteiger partial charge in [0.25, 0.3) is 5.91 Å². The van der Waals surface area contributed by atoms with E-state index in [2.05, 4.69) is 31.6 Å². The molecule has 0 bridgehead atoms. The van der Waals surface area contributed by atoms with Crippen LogP contribution >= 0.6 is 0 Å². The third kappa shape index (κ3) is 6.24. The van der Waals surface area contributed by atoms with Crippen LogP contribution in [0, 0.1) is 6.92 Å². The largest absolute Gasteiger partial charge is 0.465 e. The van der Waals surface area contributed by atoms with Crippen molar-refractivity contribution in [3.63, 3.8) is 0 Å². The molecule has 0 saturated carbocycles. The zero-order valence-corrected chi connectivity index (χ0v) is 21.2. The molecule has 1 atom stereocenters. The minimum Gasteiger partial charge on any atom is -0.465 e. The molecule has 0 unspecified atom stereocenters. The van der Waals surface area contributed by atoms with Gasteiger partial charge >= 0.3 is 6.09 Å². The number of anilines is 1. The highest BCUT2D eigenvalue weighted by Crippen LogP contribution is 2.23. The fraction of sp³-hybridized carbons (Fsp3) is 0.241. The van der Waals surface area contributed by atoms with Crippen molar-refractivity contribution < 1.29 is 14.7 Å². The van der Waals surface area contributed by atoms with Gasteiger partial charge in [-0.25, -0.2) is 9.78 Å². The van der Waals surface area contributed by atoms with Gasteiger partial charge in [-0.15, -0.1) is 0 Å². The maximum atomic E-state index is 13.2. The number of hydrogen-bond donors (Lipinski definition) is 3. The first-order chi connectivity index (χ1) is 18.4. The maximum Gasteiger partial charge on any atom is 0.404 e. The molecule has 1 fully saturated rings. The van der Waals surface area contributed by atoms with Crippen molar-refractivity contribution >= 4 is 17.7 Å². The van der Waals surface area contributed by atoms with E-state index >= 15 is 0 Å². The number of imidazole rings is 1. The molecule has 2 aromatic carbocycles. The van der Waals surface area contributed by atoms with Crippen LogP contribution in [0.2, 0.25) is 0 Å². The summed E-state index contributed by atoms with van der Waals surface area (Å²) in [6.45, 7) is 4.07. The molecule has 1 aliphatic heterocycles. The van der Waals surface area contributed by atoms with Gasteiger partial charge in [0.1, 0.15) is 5.69 Å². The Morgan fingerprint density at radius 2 is 1.89 bits per heavy atom. The van der Waals surface area contributed by atoms with E-state index in [0.29, 0.717) is 24.5 Å². The van der Waals surface area contributed by atoms with Crippen LogP contribution in [0.15, 0.2) is 79.4 Å². The van der Waals surface area contributed by atoms with Gasteiger partial charge in [-0.2, -0.15) is 0 Å². The lowest BCUT2D eigenvalue weighted by Crippen LogP contribution is -2.46. The zero-order chi connectivity index (χ0) is 26.5. The van der Waals surface area contributed by atoms with Crippen LogP contribution < -0.4 is 10.6 Å². The van der Waals surface area contributed by atoms with E-state index in [1.165, 1.54) is 0 Å². The molecule has 3 heterocycles. The van der Waals surface area contributed by atoms with Gasteiger partial charge in [-0.05, 0) is 73.3 Å². The summed E-state index contributed by atoms with van der Waals surface area (Å²) in [5.41, 5.74) is 5.69. The first-order valence-electron chi connectivity index (χ1n) is 12.6. The number of piperidine rings is 1. The van der Waals surface area contributed by atoms with Crippen molar-refractivity contribution in [2.45, 2.75) is 32.4 Å². The summed E-state index contributed by atoms with van der Waals surface area (Å²) in [6.07, 6.45) is 6.07. The molecule has 0 radical (unpaired) electrons. The second-order valence-electron chi connectivity index (χ2n) is 9.58. The van der Waals surface area contributed by atoms with Crippen LogP contribution in [-0.2, 0) is 6.54 Å². The number of carbonyl (C=O) groups excluding carboxylic acids is 1. The number of carbonyl (C=O) groups is 2. The number of pyridine rings is 1. The van der Waals surface area contributed by atoms with E-state index in [9.17, 15) is 9.59 Å². The maximum absolute atomic E-state index is 13.2. The number of amides is 2. The molecule has 0 spiro atoms. The van der Waals surface area contributed by atoms with Gasteiger partial charge in [0.15, 0.2) is 0 Å². The SMILES string of the molecule is Cc1cn(-c2cc(CN3CCC[C@H](NC(=O)O)C3)cc(NC(=O)c3cc(-c4ccccc4)ccn3)c2)cn1. The molecule has 1 saturated heterocycles. The average Bonchev–Trinajstić information content (AvgIpc) is 3.35. The zero-order valence-electron chi connectivity index (χ0n) is 21.2. The number of nitrogens with one attached hydrogen (secondary N) is 2. The second kappa shape index (κ2) is 11.3. The van der Waals surface area contributed by atoms with E-state index in [0.717, 1.165) is 47.5 Å². The predicted octanol–water partition coefficient (Wildman–Crippen LogP) is 4.73. The van der Waals surface area contributed by atoms with Crippen molar-refractivity contribution in [2.75, 3.05) is 18.4 Å². The smallest absolute Gasteiger partial charge is 0.404 e. The summed E-state index contributed by atoms with van der Waals surface area (Å²) in [5.74, 6) is -0.295. The number of aromatic nitrogens is 3. The predicted molar refractivity (Wildman–Crippen MR) is 145 cm³/mol. The lowest BCUT2D eigenvalue weighted by Gasteiger charge is -2.32. The van der Waals surface area contributed by atoms with Gasteiger partial charge in [-0.1, -0.05) is 30.3 Å². The Morgan fingerprint density at radius 1 is 1.05 bits per heavy atom. The van der Waals surface area contributed by atoms with Gasteiger partial charge < -0.3 is 20.3 Å². The number of carboxylic acid groups (broad SMARTS) is 1. The number of likely N-dealkylation sites (tertiary alicyclic amines) is 1. The summed E-state index contributed by atoms with van der Waals surface area (Å²) in [6, 6.07) is 19.4. The van der Waals surface area contributed by atoms with Crippen LogP contribution in [0.4, 0.5) is 10.5 Å². The molecule has 9 heteroatoms. The lowest BCUT2D eigenvalue weighted by molar-refractivity contribution is 0.102. The van der Waals surface area contributed by atoms with E-state index in [1.807, 2.05) is 66.2 Å². The number of rotatable bonds is 7. The third-order valence-electron chi connectivity index (χ3n) is 6.58. The van der Waals surface area contributed by atoms with Gasteiger partial charge in [0, 0.05) is 42.9 Å².